The normalized spacial score (nSPS) is 13.0. The second-order valence-corrected chi connectivity index (χ2v) is 4.44. The second kappa shape index (κ2) is 8.87. The number of aryl methyl sites for hydroxylation is 1. The van der Waals surface area contributed by atoms with Crippen LogP contribution in [0.3, 0.4) is 0 Å². The Morgan fingerprint density at radius 2 is 2.00 bits per heavy atom. The average Bonchev–Trinajstić information content (AvgIpc) is 2.45. The molecule has 2 heterocycles. The van der Waals surface area contributed by atoms with Crippen molar-refractivity contribution in [3.63, 3.8) is 0 Å². The first kappa shape index (κ1) is 21.1. The van der Waals surface area contributed by atoms with Gasteiger partial charge < -0.3 is 10.2 Å². The van der Waals surface area contributed by atoms with Gasteiger partial charge in [0, 0.05) is 27.2 Å². The van der Waals surface area contributed by atoms with E-state index in [0.29, 0.717) is 17.3 Å². The third kappa shape index (κ3) is 4.39. The summed E-state index contributed by atoms with van der Waals surface area (Å²) in [5, 5.41) is 8.02. The Kier molecular flexibility index (Phi) is 9.85. The fraction of sp³-hybridized carbons (Fsp3) is 0.600. The van der Waals surface area contributed by atoms with Crippen molar-refractivity contribution in [2.75, 3.05) is 20.6 Å². The van der Waals surface area contributed by atoms with Gasteiger partial charge in [-0.1, -0.05) is 11.6 Å². The van der Waals surface area contributed by atoms with Crippen LogP contribution in [0.25, 0.3) is 0 Å². The van der Waals surface area contributed by atoms with Crippen LogP contribution < -0.4 is 5.32 Å². The van der Waals surface area contributed by atoms with E-state index in [1.165, 1.54) is 4.90 Å². The van der Waals surface area contributed by atoms with Crippen molar-refractivity contribution in [1.82, 2.24) is 20.0 Å². The molecule has 19 heavy (non-hydrogen) atoms. The number of carbonyl (C=O) groups is 1. The molecule has 1 aliphatic heterocycles. The van der Waals surface area contributed by atoms with Gasteiger partial charge in [-0.05, 0) is 13.0 Å². The molecule has 1 aliphatic rings. The zero-order chi connectivity index (χ0) is 11.7. The molecule has 2 rings (SSSR count). The van der Waals surface area contributed by atoms with Gasteiger partial charge in [0.25, 0.3) is 5.91 Å². The van der Waals surface area contributed by atoms with Crippen molar-refractivity contribution >= 4 is 54.7 Å². The third-order valence-electron chi connectivity index (χ3n) is 2.62. The lowest BCUT2D eigenvalue weighted by molar-refractivity contribution is 0.0821. The molecule has 0 bridgehead atoms. The molecule has 0 spiro atoms. The Labute approximate surface area is 136 Å². The van der Waals surface area contributed by atoms with E-state index >= 15 is 0 Å². The standard InChI is InChI=1S/C10H15ClN4O.3ClH/c1-14(2)10(16)9-8(11)7-6-12-4-3-5-15(7)13-9;;;/h12H,3-6H2,1-2H3;3*1H. The molecule has 1 aromatic heterocycles. The highest BCUT2D eigenvalue weighted by molar-refractivity contribution is 6.34. The molecule has 112 valence electrons. The number of rotatable bonds is 1. The summed E-state index contributed by atoms with van der Waals surface area (Å²) < 4.78 is 1.83. The summed E-state index contributed by atoms with van der Waals surface area (Å²) in [6.45, 7) is 2.44. The lowest BCUT2D eigenvalue weighted by Gasteiger charge is -2.07. The highest BCUT2D eigenvalue weighted by atomic mass is 35.5. The number of amides is 1. The minimum Gasteiger partial charge on any atom is -0.343 e. The van der Waals surface area contributed by atoms with E-state index in [9.17, 15) is 4.79 Å². The summed E-state index contributed by atoms with van der Waals surface area (Å²) >= 11 is 6.18. The minimum atomic E-state index is -0.148. The van der Waals surface area contributed by atoms with Crippen molar-refractivity contribution in [2.45, 2.75) is 19.5 Å². The van der Waals surface area contributed by atoms with Crippen LogP contribution in [-0.2, 0) is 13.1 Å². The van der Waals surface area contributed by atoms with E-state index in [-0.39, 0.29) is 43.1 Å². The van der Waals surface area contributed by atoms with Gasteiger partial charge in [-0.2, -0.15) is 5.10 Å². The molecule has 0 fully saturated rings. The van der Waals surface area contributed by atoms with Crippen LogP contribution in [0.15, 0.2) is 0 Å². The predicted octanol–water partition coefficient (Wildman–Crippen LogP) is 2.00. The summed E-state index contributed by atoms with van der Waals surface area (Å²) in [6.07, 6.45) is 1.00. The minimum absolute atomic E-state index is 0. The molecule has 1 N–H and O–H groups in total. The zero-order valence-electron chi connectivity index (χ0n) is 10.7. The molecule has 0 radical (unpaired) electrons. The van der Waals surface area contributed by atoms with Gasteiger partial charge in [0.2, 0.25) is 0 Å². The van der Waals surface area contributed by atoms with Gasteiger partial charge in [-0.3, -0.25) is 9.48 Å². The number of aromatic nitrogens is 2. The van der Waals surface area contributed by atoms with Gasteiger partial charge in [-0.25, -0.2) is 0 Å². The molecule has 1 amide bonds. The fourth-order valence-corrected chi connectivity index (χ4v) is 2.02. The van der Waals surface area contributed by atoms with Crippen LogP contribution in [0.5, 0.6) is 0 Å². The van der Waals surface area contributed by atoms with E-state index in [4.69, 9.17) is 11.6 Å². The van der Waals surface area contributed by atoms with Gasteiger partial charge >= 0.3 is 0 Å². The molecule has 1 aromatic rings. The average molecular weight is 352 g/mol. The number of nitrogens with zero attached hydrogens (tertiary/aromatic N) is 3. The Bertz CT molecular complexity index is 422. The van der Waals surface area contributed by atoms with Crippen LogP contribution in [0.2, 0.25) is 5.02 Å². The Balaban J connectivity index is 0. The summed E-state index contributed by atoms with van der Waals surface area (Å²) in [5.41, 5.74) is 1.26. The number of hydrogen-bond donors (Lipinski definition) is 1. The number of fused-ring (bicyclic) bond motifs is 1. The molecular weight excluding hydrogens is 334 g/mol. The number of carbonyl (C=O) groups excluding carboxylic acids is 1. The first-order valence-electron chi connectivity index (χ1n) is 5.29. The van der Waals surface area contributed by atoms with Gasteiger partial charge in [-0.15, -0.1) is 37.2 Å². The van der Waals surface area contributed by atoms with Crippen molar-refractivity contribution in [1.29, 1.82) is 0 Å². The predicted molar refractivity (Wildman–Crippen MR) is 83.3 cm³/mol. The van der Waals surface area contributed by atoms with Crippen LogP contribution in [0, 0.1) is 0 Å². The van der Waals surface area contributed by atoms with Crippen molar-refractivity contribution in [3.8, 4) is 0 Å². The summed E-state index contributed by atoms with van der Waals surface area (Å²) in [6, 6.07) is 0. The highest BCUT2D eigenvalue weighted by Gasteiger charge is 2.23. The maximum Gasteiger partial charge on any atom is 0.275 e. The molecule has 5 nitrogen and oxygen atoms in total. The highest BCUT2D eigenvalue weighted by Crippen LogP contribution is 2.23. The van der Waals surface area contributed by atoms with Gasteiger partial charge in [0.05, 0.1) is 10.7 Å². The first-order chi connectivity index (χ1) is 7.61. The zero-order valence-corrected chi connectivity index (χ0v) is 13.9. The molecule has 0 saturated carbocycles. The second-order valence-electron chi connectivity index (χ2n) is 4.06. The lowest BCUT2D eigenvalue weighted by atomic mass is 10.3. The Morgan fingerprint density at radius 3 is 2.58 bits per heavy atom. The molecule has 9 heteroatoms. The quantitative estimate of drug-likeness (QED) is 0.841. The Hall–Kier alpha value is -0.200. The molecule has 0 unspecified atom stereocenters. The van der Waals surface area contributed by atoms with Gasteiger partial charge in [0.15, 0.2) is 5.69 Å². The third-order valence-corrected chi connectivity index (χ3v) is 3.02. The maximum atomic E-state index is 11.8. The summed E-state index contributed by atoms with van der Waals surface area (Å²) in [4.78, 5) is 13.3. The van der Waals surface area contributed by atoms with E-state index in [0.717, 1.165) is 25.2 Å². The molecule has 0 aliphatic carbocycles. The van der Waals surface area contributed by atoms with E-state index in [1.54, 1.807) is 14.1 Å². The summed E-state index contributed by atoms with van der Waals surface area (Å²) in [7, 11) is 3.39. The van der Waals surface area contributed by atoms with Crippen molar-refractivity contribution < 1.29 is 4.79 Å². The van der Waals surface area contributed by atoms with Crippen molar-refractivity contribution in [2.24, 2.45) is 0 Å². The first-order valence-corrected chi connectivity index (χ1v) is 5.66. The number of halogens is 4. The maximum absolute atomic E-state index is 11.8. The van der Waals surface area contributed by atoms with Crippen LogP contribution >= 0.6 is 48.8 Å². The number of nitrogens with one attached hydrogen (secondary N) is 1. The summed E-state index contributed by atoms with van der Waals surface area (Å²) in [5.74, 6) is -0.148. The van der Waals surface area contributed by atoms with Crippen LogP contribution in [0.4, 0.5) is 0 Å². The molecule has 0 aromatic carbocycles. The van der Waals surface area contributed by atoms with Crippen LogP contribution in [-0.4, -0.2) is 41.2 Å². The largest absolute Gasteiger partial charge is 0.343 e. The topological polar surface area (TPSA) is 50.2 Å². The van der Waals surface area contributed by atoms with E-state index in [1.807, 2.05) is 4.68 Å². The molecule has 0 atom stereocenters. The lowest BCUT2D eigenvalue weighted by Crippen LogP contribution is -2.22. The molecule has 0 saturated heterocycles. The smallest absolute Gasteiger partial charge is 0.275 e. The van der Waals surface area contributed by atoms with Crippen molar-refractivity contribution in [3.05, 3.63) is 16.4 Å². The van der Waals surface area contributed by atoms with E-state index in [2.05, 4.69) is 10.4 Å². The Morgan fingerprint density at radius 1 is 1.37 bits per heavy atom. The monoisotopic (exact) mass is 350 g/mol. The van der Waals surface area contributed by atoms with E-state index < -0.39 is 0 Å². The SMILES string of the molecule is CN(C)C(=O)c1nn2c(c1Cl)CNCCC2.Cl.Cl.Cl. The van der Waals surface area contributed by atoms with Crippen LogP contribution in [0.1, 0.15) is 22.6 Å². The van der Waals surface area contributed by atoms with Gasteiger partial charge in [0.1, 0.15) is 0 Å². The molecular formula is C10H18Cl4N4O. The number of hydrogen-bond acceptors (Lipinski definition) is 3. The fourth-order valence-electron chi connectivity index (χ4n) is 1.74.